The van der Waals surface area contributed by atoms with E-state index in [-0.39, 0.29) is 10.1 Å². The number of nitrogens with zero attached hydrogens (tertiary/aromatic N) is 1. The Morgan fingerprint density at radius 2 is 1.82 bits per heavy atom. The maximum absolute atomic E-state index is 12.0. The van der Waals surface area contributed by atoms with Crippen LogP contribution in [0.3, 0.4) is 0 Å². The molecule has 0 amide bonds. The monoisotopic (exact) mass is 267 g/mol. The summed E-state index contributed by atoms with van der Waals surface area (Å²) in [7, 11) is -3.30. The molecule has 0 aliphatic rings. The van der Waals surface area contributed by atoms with E-state index >= 15 is 0 Å². The van der Waals surface area contributed by atoms with Crippen molar-refractivity contribution in [2.75, 3.05) is 0 Å². The fraction of sp³-hybridized carbons (Fsp3) is 0.250. The minimum absolute atomic E-state index is 0.0169. The van der Waals surface area contributed by atoms with Crippen LogP contribution >= 0.6 is 11.3 Å². The molecule has 2 rings (SSSR count). The third kappa shape index (κ3) is 2.92. The van der Waals surface area contributed by atoms with E-state index in [1.807, 2.05) is 32.0 Å². The Morgan fingerprint density at radius 1 is 1.18 bits per heavy atom. The molecule has 0 fully saturated rings. The molecular formula is C12H13NO2S2. The van der Waals surface area contributed by atoms with Crippen LogP contribution in [0.4, 0.5) is 0 Å². The zero-order valence-corrected chi connectivity index (χ0v) is 11.3. The lowest BCUT2D eigenvalue weighted by atomic mass is 10.1. The molecule has 2 aromatic rings. The number of benzene rings is 1. The second-order valence-electron chi connectivity index (χ2n) is 4.05. The van der Waals surface area contributed by atoms with Crippen molar-refractivity contribution >= 4 is 21.2 Å². The van der Waals surface area contributed by atoms with Crippen molar-refractivity contribution in [2.24, 2.45) is 0 Å². The molecule has 5 heteroatoms. The van der Waals surface area contributed by atoms with Crippen LogP contribution in [0.2, 0.25) is 0 Å². The average molecular weight is 267 g/mol. The molecule has 1 aromatic carbocycles. The third-order valence-corrected chi connectivity index (χ3v) is 5.28. The zero-order chi connectivity index (χ0) is 12.5. The van der Waals surface area contributed by atoms with Crippen LogP contribution in [0, 0.1) is 13.8 Å². The van der Waals surface area contributed by atoms with Gasteiger partial charge in [0.15, 0.2) is 0 Å². The SMILES string of the molecule is Cc1cc(C)cc(CS(=O)(=O)c2nccs2)c1. The maximum Gasteiger partial charge on any atom is 0.209 e. The van der Waals surface area contributed by atoms with Gasteiger partial charge >= 0.3 is 0 Å². The van der Waals surface area contributed by atoms with E-state index in [4.69, 9.17) is 0 Å². The number of thiazole rings is 1. The summed E-state index contributed by atoms with van der Waals surface area (Å²) in [5.74, 6) is 0.0169. The third-order valence-electron chi connectivity index (χ3n) is 2.31. The van der Waals surface area contributed by atoms with Gasteiger partial charge < -0.3 is 0 Å². The summed E-state index contributed by atoms with van der Waals surface area (Å²) in [4.78, 5) is 3.86. The molecule has 17 heavy (non-hydrogen) atoms. The number of sulfone groups is 1. The van der Waals surface area contributed by atoms with Crippen molar-refractivity contribution in [2.45, 2.75) is 23.9 Å². The van der Waals surface area contributed by atoms with Gasteiger partial charge in [-0.05, 0) is 19.4 Å². The van der Waals surface area contributed by atoms with Crippen LogP contribution in [0.1, 0.15) is 16.7 Å². The molecule has 90 valence electrons. The highest BCUT2D eigenvalue weighted by atomic mass is 32.2. The van der Waals surface area contributed by atoms with Gasteiger partial charge in [-0.1, -0.05) is 29.3 Å². The van der Waals surface area contributed by atoms with Gasteiger partial charge in [-0.15, -0.1) is 11.3 Å². The molecular weight excluding hydrogens is 254 g/mol. The smallest absolute Gasteiger partial charge is 0.209 e. The summed E-state index contributed by atoms with van der Waals surface area (Å²) in [5.41, 5.74) is 2.97. The molecule has 1 heterocycles. The Morgan fingerprint density at radius 3 is 2.35 bits per heavy atom. The van der Waals surface area contributed by atoms with E-state index in [0.29, 0.717) is 0 Å². The van der Waals surface area contributed by atoms with Gasteiger partial charge in [0.1, 0.15) is 0 Å². The van der Waals surface area contributed by atoms with Crippen LogP contribution < -0.4 is 0 Å². The summed E-state index contributed by atoms with van der Waals surface area (Å²) in [6.07, 6.45) is 1.51. The predicted octanol–water partition coefficient (Wildman–Crippen LogP) is 2.73. The fourth-order valence-electron chi connectivity index (χ4n) is 1.80. The van der Waals surface area contributed by atoms with Crippen molar-refractivity contribution in [3.63, 3.8) is 0 Å². The second kappa shape index (κ2) is 4.58. The molecule has 0 radical (unpaired) electrons. The number of hydrogen-bond donors (Lipinski definition) is 0. The number of rotatable bonds is 3. The lowest BCUT2D eigenvalue weighted by Crippen LogP contribution is -2.04. The van der Waals surface area contributed by atoms with Gasteiger partial charge in [0, 0.05) is 11.6 Å². The topological polar surface area (TPSA) is 47.0 Å². The minimum Gasteiger partial charge on any atom is -0.234 e. The molecule has 0 saturated carbocycles. The van der Waals surface area contributed by atoms with Crippen molar-refractivity contribution in [3.05, 3.63) is 46.5 Å². The predicted molar refractivity (Wildman–Crippen MR) is 68.9 cm³/mol. The van der Waals surface area contributed by atoms with Crippen LogP contribution in [0.15, 0.2) is 34.1 Å². The first-order chi connectivity index (χ1) is 7.97. The summed E-state index contributed by atoms with van der Waals surface area (Å²) in [5, 5.41) is 1.67. The van der Waals surface area contributed by atoms with Gasteiger partial charge in [0.25, 0.3) is 0 Å². The molecule has 0 saturated heterocycles. The lowest BCUT2D eigenvalue weighted by Gasteiger charge is -2.04. The first-order valence-electron chi connectivity index (χ1n) is 5.17. The first kappa shape index (κ1) is 12.3. The molecule has 1 aromatic heterocycles. The highest BCUT2D eigenvalue weighted by Crippen LogP contribution is 2.19. The van der Waals surface area contributed by atoms with Crippen LogP contribution in [0.5, 0.6) is 0 Å². The molecule has 0 aliphatic carbocycles. The second-order valence-corrected chi connectivity index (χ2v) is 7.11. The largest absolute Gasteiger partial charge is 0.234 e. The number of hydrogen-bond acceptors (Lipinski definition) is 4. The van der Waals surface area contributed by atoms with Crippen molar-refractivity contribution in [1.29, 1.82) is 0 Å². The van der Waals surface area contributed by atoms with Crippen molar-refractivity contribution in [3.8, 4) is 0 Å². The molecule has 3 nitrogen and oxygen atoms in total. The van der Waals surface area contributed by atoms with Gasteiger partial charge in [0.05, 0.1) is 5.75 Å². The Balaban J connectivity index is 2.33. The van der Waals surface area contributed by atoms with E-state index in [2.05, 4.69) is 4.98 Å². The number of aromatic nitrogens is 1. The Hall–Kier alpha value is -1.20. The van der Waals surface area contributed by atoms with Crippen LogP contribution in [-0.4, -0.2) is 13.4 Å². The van der Waals surface area contributed by atoms with E-state index < -0.39 is 9.84 Å². The molecule has 0 bridgehead atoms. The van der Waals surface area contributed by atoms with Crippen LogP contribution in [0.25, 0.3) is 0 Å². The highest BCUT2D eigenvalue weighted by molar-refractivity contribution is 7.92. The Bertz CT molecular complexity index is 596. The van der Waals surface area contributed by atoms with Gasteiger partial charge in [-0.2, -0.15) is 0 Å². The normalized spacial score (nSPS) is 11.6. The van der Waals surface area contributed by atoms with E-state index in [9.17, 15) is 8.42 Å². The summed E-state index contributed by atoms with van der Waals surface area (Å²) in [6.45, 7) is 3.93. The maximum atomic E-state index is 12.0. The quantitative estimate of drug-likeness (QED) is 0.859. The lowest BCUT2D eigenvalue weighted by molar-refractivity contribution is 0.594. The molecule has 0 unspecified atom stereocenters. The minimum atomic E-state index is -3.30. The summed E-state index contributed by atoms with van der Waals surface area (Å²) >= 11 is 1.16. The highest BCUT2D eigenvalue weighted by Gasteiger charge is 2.18. The summed E-state index contributed by atoms with van der Waals surface area (Å²) in [6, 6.07) is 5.83. The van der Waals surface area contributed by atoms with Gasteiger partial charge in [-0.3, -0.25) is 0 Å². The molecule has 0 N–H and O–H groups in total. The summed E-state index contributed by atoms with van der Waals surface area (Å²) < 4.78 is 24.3. The fourth-order valence-corrected chi connectivity index (χ4v) is 4.04. The molecule has 0 spiro atoms. The molecule has 0 atom stereocenters. The van der Waals surface area contributed by atoms with Crippen LogP contribution in [-0.2, 0) is 15.6 Å². The number of aryl methyl sites for hydroxylation is 2. The van der Waals surface area contributed by atoms with E-state index in [1.54, 1.807) is 5.38 Å². The van der Waals surface area contributed by atoms with Crippen molar-refractivity contribution in [1.82, 2.24) is 4.98 Å². The van der Waals surface area contributed by atoms with E-state index in [0.717, 1.165) is 28.0 Å². The van der Waals surface area contributed by atoms with Gasteiger partial charge in [0.2, 0.25) is 14.2 Å². The van der Waals surface area contributed by atoms with Gasteiger partial charge in [-0.25, -0.2) is 13.4 Å². The first-order valence-corrected chi connectivity index (χ1v) is 7.70. The van der Waals surface area contributed by atoms with E-state index in [1.165, 1.54) is 6.20 Å². The van der Waals surface area contributed by atoms with Crippen molar-refractivity contribution < 1.29 is 8.42 Å². The Labute approximate surface area is 105 Å². The molecule has 0 aliphatic heterocycles. The standard InChI is InChI=1S/C12H13NO2S2/c1-9-5-10(2)7-11(6-9)8-17(14,15)12-13-3-4-16-12/h3-7H,8H2,1-2H3. The average Bonchev–Trinajstić information content (AvgIpc) is 2.67. The Kier molecular flexibility index (Phi) is 3.31. The zero-order valence-electron chi connectivity index (χ0n) is 9.67.